The molecule has 2 aromatic rings. The first-order chi connectivity index (χ1) is 9.90. The fraction of sp³-hybridized carbons (Fsp3) is 0.250. The molecule has 0 unspecified atom stereocenters. The van der Waals surface area contributed by atoms with Gasteiger partial charge in [-0.15, -0.1) is 0 Å². The van der Waals surface area contributed by atoms with Gasteiger partial charge in [0.15, 0.2) is 12.0 Å². The van der Waals surface area contributed by atoms with E-state index in [0.717, 1.165) is 0 Å². The van der Waals surface area contributed by atoms with Crippen LogP contribution in [0.25, 0.3) is 0 Å². The number of rotatable bonds is 4. The first-order valence-electron chi connectivity index (χ1n) is 6.03. The topological polar surface area (TPSA) is 111 Å². The molecule has 0 aliphatic rings. The summed E-state index contributed by atoms with van der Waals surface area (Å²) in [6.07, 6.45) is 0.589. The zero-order valence-electron chi connectivity index (χ0n) is 11.7. The molecule has 2 heterocycles. The number of hydrogen-bond donors (Lipinski definition) is 2. The van der Waals surface area contributed by atoms with Crippen molar-refractivity contribution < 1.29 is 14.4 Å². The number of aldehydes is 1. The predicted octanol–water partition coefficient (Wildman–Crippen LogP) is 0.177. The van der Waals surface area contributed by atoms with Crippen molar-refractivity contribution in [2.24, 2.45) is 14.1 Å². The molecule has 2 amide bonds. The summed E-state index contributed by atoms with van der Waals surface area (Å²) in [6.45, 7) is 1.36. The molecule has 0 aromatic carbocycles. The Hall–Kier alpha value is -2.97. The average Bonchev–Trinajstić information content (AvgIpc) is 2.94. The van der Waals surface area contributed by atoms with E-state index < -0.39 is 5.91 Å². The van der Waals surface area contributed by atoms with E-state index in [-0.39, 0.29) is 17.3 Å². The molecule has 2 aromatic heterocycles. The van der Waals surface area contributed by atoms with Crippen molar-refractivity contribution in [3.05, 3.63) is 23.5 Å². The van der Waals surface area contributed by atoms with E-state index in [1.165, 1.54) is 28.4 Å². The average molecular weight is 290 g/mol. The lowest BCUT2D eigenvalue weighted by Crippen LogP contribution is -2.15. The summed E-state index contributed by atoms with van der Waals surface area (Å²) < 4.78 is 2.76. The zero-order valence-corrected chi connectivity index (χ0v) is 11.7. The van der Waals surface area contributed by atoms with Crippen LogP contribution >= 0.6 is 0 Å². The molecule has 110 valence electrons. The van der Waals surface area contributed by atoms with E-state index in [1.54, 1.807) is 14.1 Å². The van der Waals surface area contributed by atoms with Gasteiger partial charge < -0.3 is 10.6 Å². The monoisotopic (exact) mass is 290 g/mol. The number of carbonyl (C=O) groups excluding carboxylic acids is 3. The highest BCUT2D eigenvalue weighted by Crippen LogP contribution is 2.13. The molecule has 0 aliphatic carbocycles. The Morgan fingerprint density at radius 1 is 1.10 bits per heavy atom. The number of anilines is 2. The van der Waals surface area contributed by atoms with Crippen molar-refractivity contribution in [1.82, 2.24) is 19.6 Å². The second-order valence-corrected chi connectivity index (χ2v) is 4.37. The van der Waals surface area contributed by atoms with Crippen molar-refractivity contribution in [3.8, 4) is 0 Å². The second kappa shape index (κ2) is 5.57. The number of nitrogens with zero attached hydrogens (tertiary/aromatic N) is 4. The fourth-order valence-electron chi connectivity index (χ4n) is 1.72. The van der Waals surface area contributed by atoms with Gasteiger partial charge in [0, 0.05) is 33.2 Å². The summed E-state index contributed by atoms with van der Waals surface area (Å²) in [5.74, 6) is 0.0509. The summed E-state index contributed by atoms with van der Waals surface area (Å²) in [5.41, 5.74) is 0.350. The van der Waals surface area contributed by atoms with E-state index in [0.29, 0.717) is 17.9 Å². The molecule has 0 bridgehead atoms. The van der Waals surface area contributed by atoms with Gasteiger partial charge in [0.2, 0.25) is 5.91 Å². The Balaban J connectivity index is 2.18. The molecule has 2 N–H and O–H groups in total. The summed E-state index contributed by atoms with van der Waals surface area (Å²) in [5, 5.41) is 13.0. The summed E-state index contributed by atoms with van der Waals surface area (Å²) in [6, 6.07) is 2.90. The van der Waals surface area contributed by atoms with E-state index in [9.17, 15) is 14.4 Å². The van der Waals surface area contributed by atoms with Gasteiger partial charge in [0.25, 0.3) is 5.91 Å². The molecule has 0 fully saturated rings. The molecular formula is C12H14N6O3. The van der Waals surface area contributed by atoms with E-state index in [1.807, 2.05) is 0 Å². The maximum atomic E-state index is 12.1. The summed E-state index contributed by atoms with van der Waals surface area (Å²) >= 11 is 0. The minimum absolute atomic E-state index is 0.134. The molecule has 0 aliphatic heterocycles. The fourth-order valence-corrected chi connectivity index (χ4v) is 1.72. The van der Waals surface area contributed by atoms with Crippen LogP contribution in [-0.4, -0.2) is 37.7 Å². The lowest BCUT2D eigenvalue weighted by atomic mass is 10.4. The van der Waals surface area contributed by atoms with Crippen molar-refractivity contribution in [3.63, 3.8) is 0 Å². The van der Waals surface area contributed by atoms with Gasteiger partial charge in [-0.1, -0.05) is 0 Å². The second-order valence-electron chi connectivity index (χ2n) is 4.37. The first kappa shape index (κ1) is 14.4. The first-order valence-corrected chi connectivity index (χ1v) is 6.03. The minimum atomic E-state index is -0.470. The van der Waals surface area contributed by atoms with E-state index in [4.69, 9.17) is 0 Å². The molecule has 0 saturated heterocycles. The number of nitrogens with one attached hydrogen (secondary N) is 2. The highest BCUT2D eigenvalue weighted by molar-refractivity contribution is 6.03. The van der Waals surface area contributed by atoms with Crippen LogP contribution in [0.15, 0.2) is 12.1 Å². The van der Waals surface area contributed by atoms with Gasteiger partial charge in [-0.05, 0) is 0 Å². The number of amides is 2. The molecule has 0 atom stereocenters. The van der Waals surface area contributed by atoms with Crippen molar-refractivity contribution in [2.75, 3.05) is 10.6 Å². The Morgan fingerprint density at radius 2 is 1.71 bits per heavy atom. The SMILES string of the molecule is CC(=O)Nc1cc(C(=O)Nc2cc(C=O)nn2C)nn1C. The maximum absolute atomic E-state index is 12.1. The number of carbonyl (C=O) groups is 3. The Bertz CT molecular complexity index is 715. The highest BCUT2D eigenvalue weighted by Gasteiger charge is 2.15. The lowest BCUT2D eigenvalue weighted by Gasteiger charge is -2.02. The van der Waals surface area contributed by atoms with Crippen LogP contribution in [0.4, 0.5) is 11.6 Å². The third kappa shape index (κ3) is 3.14. The Kier molecular flexibility index (Phi) is 3.83. The van der Waals surface area contributed by atoms with E-state index in [2.05, 4.69) is 20.8 Å². The van der Waals surface area contributed by atoms with Gasteiger partial charge in [0.05, 0.1) is 0 Å². The predicted molar refractivity (Wildman–Crippen MR) is 74.1 cm³/mol. The molecule has 0 spiro atoms. The number of aromatic nitrogens is 4. The third-order valence-electron chi connectivity index (χ3n) is 2.68. The van der Waals surface area contributed by atoms with Crippen LogP contribution in [-0.2, 0) is 18.9 Å². The normalized spacial score (nSPS) is 10.2. The lowest BCUT2D eigenvalue weighted by molar-refractivity contribution is -0.114. The summed E-state index contributed by atoms with van der Waals surface area (Å²) in [4.78, 5) is 33.7. The quantitative estimate of drug-likeness (QED) is 0.780. The van der Waals surface area contributed by atoms with Crippen molar-refractivity contribution >= 4 is 29.7 Å². The maximum Gasteiger partial charge on any atom is 0.277 e. The molecular weight excluding hydrogens is 276 g/mol. The smallest absolute Gasteiger partial charge is 0.277 e. The van der Waals surface area contributed by atoms with Crippen LogP contribution in [0.1, 0.15) is 27.9 Å². The number of aryl methyl sites for hydroxylation is 2. The van der Waals surface area contributed by atoms with Crippen LogP contribution in [0.2, 0.25) is 0 Å². The Morgan fingerprint density at radius 3 is 2.29 bits per heavy atom. The van der Waals surface area contributed by atoms with Crippen LogP contribution in [0.5, 0.6) is 0 Å². The molecule has 0 saturated carbocycles. The van der Waals surface area contributed by atoms with Gasteiger partial charge in [-0.25, -0.2) is 0 Å². The van der Waals surface area contributed by atoms with Gasteiger partial charge in [-0.2, -0.15) is 10.2 Å². The van der Waals surface area contributed by atoms with Gasteiger partial charge in [-0.3, -0.25) is 23.7 Å². The molecule has 9 nitrogen and oxygen atoms in total. The molecule has 2 rings (SSSR count). The number of hydrogen-bond acceptors (Lipinski definition) is 5. The minimum Gasteiger partial charge on any atom is -0.311 e. The molecule has 9 heteroatoms. The van der Waals surface area contributed by atoms with Crippen molar-refractivity contribution in [1.29, 1.82) is 0 Å². The van der Waals surface area contributed by atoms with Crippen LogP contribution in [0.3, 0.4) is 0 Å². The van der Waals surface area contributed by atoms with Gasteiger partial charge >= 0.3 is 0 Å². The largest absolute Gasteiger partial charge is 0.311 e. The van der Waals surface area contributed by atoms with Crippen LogP contribution in [0, 0.1) is 0 Å². The third-order valence-corrected chi connectivity index (χ3v) is 2.68. The zero-order chi connectivity index (χ0) is 15.6. The van der Waals surface area contributed by atoms with Gasteiger partial charge in [0.1, 0.15) is 17.3 Å². The molecule has 21 heavy (non-hydrogen) atoms. The van der Waals surface area contributed by atoms with E-state index >= 15 is 0 Å². The highest BCUT2D eigenvalue weighted by atomic mass is 16.2. The summed E-state index contributed by atoms with van der Waals surface area (Å²) in [7, 11) is 3.21. The van der Waals surface area contributed by atoms with Crippen LogP contribution < -0.4 is 10.6 Å². The molecule has 0 radical (unpaired) electrons. The van der Waals surface area contributed by atoms with Crippen molar-refractivity contribution in [2.45, 2.75) is 6.92 Å². The standard InChI is InChI=1S/C12H14N6O3/c1-7(20)13-11-5-9(16-18(11)3)12(21)14-10-4-8(6-19)15-17(10)2/h4-6H,1-3H3,(H,13,20)(H,14,21). The Labute approximate surface area is 119 Å².